The monoisotopic (exact) mass is 230 g/mol. The van der Waals surface area contributed by atoms with Crippen molar-refractivity contribution in [2.75, 3.05) is 18.5 Å². The largest absolute Gasteiger partial charge is 0.375 e. The molecular formula is C14H18N2O. The van der Waals surface area contributed by atoms with E-state index in [4.69, 9.17) is 5.26 Å². The summed E-state index contributed by atoms with van der Waals surface area (Å²) in [7, 11) is 2.02. The van der Waals surface area contributed by atoms with Crippen LogP contribution >= 0.6 is 0 Å². The van der Waals surface area contributed by atoms with Gasteiger partial charge in [-0.2, -0.15) is 5.26 Å². The molecule has 90 valence electrons. The molecule has 3 heteroatoms. The van der Waals surface area contributed by atoms with Crippen LogP contribution in [0.25, 0.3) is 0 Å². The molecule has 0 amide bonds. The first-order valence-electron chi connectivity index (χ1n) is 5.84. The molecule has 1 rings (SSSR count). The van der Waals surface area contributed by atoms with Crippen molar-refractivity contribution < 1.29 is 4.79 Å². The van der Waals surface area contributed by atoms with E-state index < -0.39 is 0 Å². The van der Waals surface area contributed by atoms with E-state index in [9.17, 15) is 4.79 Å². The molecular weight excluding hydrogens is 212 g/mol. The molecule has 0 atom stereocenters. The molecule has 0 aliphatic rings. The van der Waals surface area contributed by atoms with Gasteiger partial charge in [-0.1, -0.05) is 0 Å². The standard InChI is InChI=1S/C14H18N2O/c1-12(17)5-3-4-10-16(2)14-8-6-13(11-15)7-9-14/h6-9H,3-5,10H2,1-2H3. The molecule has 0 fully saturated rings. The molecule has 3 nitrogen and oxygen atoms in total. The van der Waals surface area contributed by atoms with Gasteiger partial charge in [0, 0.05) is 25.7 Å². The second-order valence-electron chi connectivity index (χ2n) is 4.24. The quantitative estimate of drug-likeness (QED) is 0.706. The van der Waals surface area contributed by atoms with Gasteiger partial charge in [0.2, 0.25) is 0 Å². The highest BCUT2D eigenvalue weighted by Crippen LogP contribution is 2.14. The number of carbonyl (C=O) groups is 1. The number of ketones is 1. The molecule has 0 heterocycles. The van der Waals surface area contributed by atoms with Gasteiger partial charge in [0.1, 0.15) is 5.78 Å². The van der Waals surface area contributed by atoms with Gasteiger partial charge in [0.25, 0.3) is 0 Å². The van der Waals surface area contributed by atoms with Gasteiger partial charge < -0.3 is 9.69 Å². The first-order chi connectivity index (χ1) is 8.13. The minimum absolute atomic E-state index is 0.256. The van der Waals surface area contributed by atoms with E-state index in [1.807, 2.05) is 31.3 Å². The van der Waals surface area contributed by atoms with Crippen molar-refractivity contribution in [3.8, 4) is 6.07 Å². The highest BCUT2D eigenvalue weighted by Gasteiger charge is 2.01. The molecule has 0 aromatic heterocycles. The number of unbranched alkanes of at least 4 members (excludes halogenated alkanes) is 1. The van der Waals surface area contributed by atoms with Crippen LogP contribution < -0.4 is 4.90 Å². The molecule has 1 aromatic rings. The normalized spacial score (nSPS) is 9.71. The van der Waals surface area contributed by atoms with E-state index >= 15 is 0 Å². The Kier molecular flexibility index (Phi) is 5.22. The molecule has 0 saturated heterocycles. The number of benzene rings is 1. The molecule has 0 saturated carbocycles. The number of carbonyl (C=O) groups excluding carboxylic acids is 1. The van der Waals surface area contributed by atoms with Crippen LogP contribution in [0.3, 0.4) is 0 Å². The van der Waals surface area contributed by atoms with E-state index in [0.717, 1.165) is 25.1 Å². The van der Waals surface area contributed by atoms with Crippen molar-refractivity contribution in [2.45, 2.75) is 26.2 Å². The molecule has 1 aromatic carbocycles. The molecule has 0 aliphatic heterocycles. The Morgan fingerprint density at radius 2 is 1.94 bits per heavy atom. The molecule has 0 N–H and O–H groups in total. The van der Waals surface area contributed by atoms with Crippen molar-refractivity contribution in [1.82, 2.24) is 0 Å². The highest BCUT2D eigenvalue weighted by atomic mass is 16.1. The van der Waals surface area contributed by atoms with Gasteiger partial charge in [0.05, 0.1) is 11.6 Å². The Labute approximate surface area is 103 Å². The summed E-state index contributed by atoms with van der Waals surface area (Å²) in [6.07, 6.45) is 2.62. The second kappa shape index (κ2) is 6.70. The molecule has 0 spiro atoms. The van der Waals surface area contributed by atoms with Crippen LogP contribution in [0.2, 0.25) is 0 Å². The van der Waals surface area contributed by atoms with Crippen LogP contribution in [-0.2, 0) is 4.79 Å². The fourth-order valence-corrected chi connectivity index (χ4v) is 1.64. The van der Waals surface area contributed by atoms with Crippen LogP contribution in [0.15, 0.2) is 24.3 Å². The molecule has 17 heavy (non-hydrogen) atoms. The summed E-state index contributed by atoms with van der Waals surface area (Å²) in [5, 5.41) is 8.70. The fourth-order valence-electron chi connectivity index (χ4n) is 1.64. The number of nitrogens with zero attached hydrogens (tertiary/aromatic N) is 2. The number of nitriles is 1. The van der Waals surface area contributed by atoms with Crippen LogP contribution in [0, 0.1) is 11.3 Å². The van der Waals surface area contributed by atoms with Crippen molar-refractivity contribution in [1.29, 1.82) is 5.26 Å². The Balaban J connectivity index is 2.39. The van der Waals surface area contributed by atoms with Gasteiger partial charge in [-0.05, 0) is 44.0 Å². The molecule has 0 unspecified atom stereocenters. The lowest BCUT2D eigenvalue weighted by Crippen LogP contribution is -2.18. The fraction of sp³-hybridized carbons (Fsp3) is 0.429. The lowest BCUT2D eigenvalue weighted by Gasteiger charge is -2.19. The zero-order valence-electron chi connectivity index (χ0n) is 10.4. The first kappa shape index (κ1) is 13.2. The van der Waals surface area contributed by atoms with E-state index in [2.05, 4.69) is 11.0 Å². The maximum atomic E-state index is 10.8. The number of anilines is 1. The summed E-state index contributed by atoms with van der Waals surface area (Å²) in [6.45, 7) is 2.56. The second-order valence-corrected chi connectivity index (χ2v) is 4.24. The van der Waals surface area contributed by atoms with Crippen LogP contribution in [0.4, 0.5) is 5.69 Å². The van der Waals surface area contributed by atoms with Crippen molar-refractivity contribution in [3.05, 3.63) is 29.8 Å². The average Bonchev–Trinajstić information content (AvgIpc) is 2.34. The Hall–Kier alpha value is -1.82. The van der Waals surface area contributed by atoms with Crippen LogP contribution in [-0.4, -0.2) is 19.4 Å². The third kappa shape index (κ3) is 4.69. The number of hydrogen-bond acceptors (Lipinski definition) is 3. The van der Waals surface area contributed by atoms with Crippen LogP contribution in [0.5, 0.6) is 0 Å². The van der Waals surface area contributed by atoms with Gasteiger partial charge in [-0.3, -0.25) is 0 Å². The first-order valence-corrected chi connectivity index (χ1v) is 5.84. The number of hydrogen-bond donors (Lipinski definition) is 0. The topological polar surface area (TPSA) is 44.1 Å². The van der Waals surface area contributed by atoms with Gasteiger partial charge in [0.15, 0.2) is 0 Å². The molecule has 0 aliphatic carbocycles. The van der Waals surface area contributed by atoms with Gasteiger partial charge in [-0.15, -0.1) is 0 Å². The summed E-state index contributed by atoms with van der Waals surface area (Å²) >= 11 is 0. The maximum absolute atomic E-state index is 10.8. The smallest absolute Gasteiger partial charge is 0.129 e. The third-order valence-electron chi connectivity index (χ3n) is 2.71. The predicted molar refractivity (Wildman–Crippen MR) is 69.0 cm³/mol. The minimum Gasteiger partial charge on any atom is -0.375 e. The lowest BCUT2D eigenvalue weighted by molar-refractivity contribution is -0.117. The molecule has 0 radical (unpaired) electrons. The highest BCUT2D eigenvalue weighted by molar-refractivity contribution is 5.75. The van der Waals surface area contributed by atoms with Gasteiger partial charge >= 0.3 is 0 Å². The summed E-state index contributed by atoms with van der Waals surface area (Å²) in [4.78, 5) is 12.9. The minimum atomic E-state index is 0.256. The maximum Gasteiger partial charge on any atom is 0.129 e. The van der Waals surface area contributed by atoms with Gasteiger partial charge in [-0.25, -0.2) is 0 Å². The average molecular weight is 230 g/mol. The summed E-state index contributed by atoms with van der Waals surface area (Å²) in [5.41, 5.74) is 1.78. The van der Waals surface area contributed by atoms with Crippen LogP contribution in [0.1, 0.15) is 31.7 Å². The van der Waals surface area contributed by atoms with Crippen molar-refractivity contribution in [2.24, 2.45) is 0 Å². The predicted octanol–water partition coefficient (Wildman–Crippen LogP) is 2.75. The number of Topliss-reactive ketones (excluding diaryl/α,β-unsaturated/α-hetero) is 1. The van der Waals surface area contributed by atoms with E-state index in [1.165, 1.54) is 0 Å². The van der Waals surface area contributed by atoms with E-state index in [-0.39, 0.29) is 5.78 Å². The summed E-state index contributed by atoms with van der Waals surface area (Å²) in [6, 6.07) is 9.64. The van der Waals surface area contributed by atoms with E-state index in [1.54, 1.807) is 6.92 Å². The van der Waals surface area contributed by atoms with Crippen molar-refractivity contribution >= 4 is 11.5 Å². The Bertz CT molecular complexity index is 403. The van der Waals surface area contributed by atoms with Crippen molar-refractivity contribution in [3.63, 3.8) is 0 Å². The van der Waals surface area contributed by atoms with E-state index in [0.29, 0.717) is 12.0 Å². The summed E-state index contributed by atoms with van der Waals surface area (Å²) in [5.74, 6) is 0.256. The zero-order valence-corrected chi connectivity index (χ0v) is 10.4. The Morgan fingerprint density at radius 1 is 1.29 bits per heavy atom. The third-order valence-corrected chi connectivity index (χ3v) is 2.71. The lowest BCUT2D eigenvalue weighted by atomic mass is 10.1. The number of rotatable bonds is 6. The Morgan fingerprint density at radius 3 is 2.47 bits per heavy atom. The summed E-state index contributed by atoms with van der Waals surface area (Å²) < 4.78 is 0. The SMILES string of the molecule is CC(=O)CCCCN(C)c1ccc(C#N)cc1. The molecule has 0 bridgehead atoms. The zero-order chi connectivity index (χ0) is 12.7.